The van der Waals surface area contributed by atoms with Crippen LogP contribution in [0.5, 0.6) is 0 Å². The molecule has 0 aromatic carbocycles. The number of carbonyl (C=O) groups excluding carboxylic acids is 1. The third-order valence-electron chi connectivity index (χ3n) is 2.92. The van der Waals surface area contributed by atoms with E-state index in [1.54, 1.807) is 0 Å². The largest absolute Gasteiger partial charge is 0.360 e. The van der Waals surface area contributed by atoms with Crippen molar-refractivity contribution in [1.82, 2.24) is 10.5 Å². The number of nitrogens with one attached hydrogen (secondary N) is 1. The molecule has 1 aromatic heterocycles. The van der Waals surface area contributed by atoms with Crippen molar-refractivity contribution in [2.24, 2.45) is 5.92 Å². The highest BCUT2D eigenvalue weighted by atomic mass is 16.5. The summed E-state index contributed by atoms with van der Waals surface area (Å²) in [6.45, 7) is 6.07. The highest BCUT2D eigenvalue weighted by Crippen LogP contribution is 2.27. The summed E-state index contributed by atoms with van der Waals surface area (Å²) >= 11 is 0. The molecule has 1 atom stereocenters. The maximum atomic E-state index is 11.9. The van der Waals surface area contributed by atoms with Crippen LogP contribution >= 0.6 is 0 Å². The van der Waals surface area contributed by atoms with Gasteiger partial charge in [0.05, 0.1) is 0 Å². The Bertz CT molecular complexity index is 396. The number of rotatable bonds is 2. The standard InChI is InChI=1S/C12H18N2O2/c1-7(2)13-12(15)11-9-6-8(3)4-5-10(9)16-14-11/h7-8H,4-6H2,1-3H3,(H,13,15)/t8-/m0/s1. The van der Waals surface area contributed by atoms with Crippen molar-refractivity contribution < 1.29 is 9.32 Å². The van der Waals surface area contributed by atoms with Crippen molar-refractivity contribution in [3.05, 3.63) is 17.0 Å². The lowest BCUT2D eigenvalue weighted by molar-refractivity contribution is 0.0933. The van der Waals surface area contributed by atoms with Crippen LogP contribution in [-0.2, 0) is 12.8 Å². The topological polar surface area (TPSA) is 55.1 Å². The van der Waals surface area contributed by atoms with E-state index >= 15 is 0 Å². The van der Waals surface area contributed by atoms with Gasteiger partial charge in [0, 0.05) is 18.0 Å². The highest BCUT2D eigenvalue weighted by molar-refractivity contribution is 5.94. The van der Waals surface area contributed by atoms with E-state index in [1.165, 1.54) is 0 Å². The Hall–Kier alpha value is -1.32. The molecule has 0 saturated heterocycles. The number of amides is 1. The number of hydrogen-bond donors (Lipinski definition) is 1. The van der Waals surface area contributed by atoms with E-state index in [2.05, 4.69) is 17.4 Å². The summed E-state index contributed by atoms with van der Waals surface area (Å²) in [6, 6.07) is 0.126. The fourth-order valence-corrected chi connectivity index (χ4v) is 2.09. The summed E-state index contributed by atoms with van der Waals surface area (Å²) in [4.78, 5) is 11.9. The van der Waals surface area contributed by atoms with Crippen LogP contribution < -0.4 is 5.32 Å². The van der Waals surface area contributed by atoms with Crippen LogP contribution in [0.3, 0.4) is 0 Å². The zero-order chi connectivity index (χ0) is 11.7. The average molecular weight is 222 g/mol. The van der Waals surface area contributed by atoms with Crippen LogP contribution in [0.25, 0.3) is 0 Å². The highest BCUT2D eigenvalue weighted by Gasteiger charge is 2.26. The molecule has 1 aromatic rings. The van der Waals surface area contributed by atoms with Gasteiger partial charge in [0.1, 0.15) is 5.76 Å². The second kappa shape index (κ2) is 4.28. The van der Waals surface area contributed by atoms with Crippen molar-refractivity contribution in [3.8, 4) is 0 Å². The van der Waals surface area contributed by atoms with E-state index in [4.69, 9.17) is 4.52 Å². The molecule has 0 radical (unpaired) electrons. The zero-order valence-corrected chi connectivity index (χ0v) is 10.0. The van der Waals surface area contributed by atoms with Gasteiger partial charge in [-0.1, -0.05) is 12.1 Å². The molecule has 0 fully saturated rings. The smallest absolute Gasteiger partial charge is 0.273 e. The lowest BCUT2D eigenvalue weighted by Gasteiger charge is -2.16. The van der Waals surface area contributed by atoms with Crippen molar-refractivity contribution in [2.75, 3.05) is 0 Å². The first-order valence-corrected chi connectivity index (χ1v) is 5.86. The van der Waals surface area contributed by atoms with Crippen LogP contribution in [-0.4, -0.2) is 17.1 Å². The number of hydrogen-bond acceptors (Lipinski definition) is 3. The van der Waals surface area contributed by atoms with Crippen molar-refractivity contribution in [3.63, 3.8) is 0 Å². The first-order valence-electron chi connectivity index (χ1n) is 5.86. The summed E-state index contributed by atoms with van der Waals surface area (Å²) in [7, 11) is 0. The van der Waals surface area contributed by atoms with E-state index in [9.17, 15) is 4.79 Å². The molecular formula is C12H18N2O2. The Kier molecular flexibility index (Phi) is 2.99. The third kappa shape index (κ3) is 2.10. The molecule has 1 amide bonds. The van der Waals surface area contributed by atoms with Crippen LogP contribution in [0.2, 0.25) is 0 Å². The quantitative estimate of drug-likeness (QED) is 0.832. The summed E-state index contributed by atoms with van der Waals surface area (Å²) in [6.07, 6.45) is 2.92. The number of aryl methyl sites for hydroxylation is 1. The molecule has 1 heterocycles. The van der Waals surface area contributed by atoms with Gasteiger partial charge in [0.15, 0.2) is 5.69 Å². The molecule has 0 unspecified atom stereocenters. The molecule has 0 spiro atoms. The van der Waals surface area contributed by atoms with E-state index < -0.39 is 0 Å². The fourth-order valence-electron chi connectivity index (χ4n) is 2.09. The molecular weight excluding hydrogens is 204 g/mol. The Morgan fingerprint density at radius 1 is 1.56 bits per heavy atom. The van der Waals surface area contributed by atoms with Crippen LogP contribution in [0.1, 0.15) is 49.0 Å². The van der Waals surface area contributed by atoms with E-state index in [1.807, 2.05) is 13.8 Å². The summed E-state index contributed by atoms with van der Waals surface area (Å²) < 4.78 is 5.23. The van der Waals surface area contributed by atoms with Crippen LogP contribution in [0, 0.1) is 5.92 Å². The predicted octanol–water partition coefficient (Wildman–Crippen LogP) is 1.94. The summed E-state index contributed by atoms with van der Waals surface area (Å²) in [5.41, 5.74) is 1.49. The van der Waals surface area contributed by atoms with Crippen molar-refractivity contribution in [2.45, 2.75) is 46.1 Å². The van der Waals surface area contributed by atoms with Gasteiger partial charge in [0.2, 0.25) is 0 Å². The Morgan fingerprint density at radius 3 is 3.00 bits per heavy atom. The molecule has 1 aliphatic rings. The molecule has 4 nitrogen and oxygen atoms in total. The first kappa shape index (κ1) is 11.2. The van der Waals surface area contributed by atoms with Gasteiger partial charge in [-0.3, -0.25) is 4.79 Å². The number of fused-ring (bicyclic) bond motifs is 1. The molecule has 1 N–H and O–H groups in total. The van der Waals surface area contributed by atoms with Gasteiger partial charge in [0.25, 0.3) is 5.91 Å². The van der Waals surface area contributed by atoms with Gasteiger partial charge >= 0.3 is 0 Å². The van der Waals surface area contributed by atoms with Crippen molar-refractivity contribution >= 4 is 5.91 Å². The maximum Gasteiger partial charge on any atom is 0.273 e. The van der Waals surface area contributed by atoms with Crippen molar-refractivity contribution in [1.29, 1.82) is 0 Å². The molecule has 4 heteroatoms. The minimum atomic E-state index is -0.117. The molecule has 0 saturated carbocycles. The predicted molar refractivity (Wildman–Crippen MR) is 60.3 cm³/mol. The number of aromatic nitrogens is 1. The normalized spacial score (nSPS) is 19.6. The lowest BCUT2D eigenvalue weighted by Crippen LogP contribution is -2.31. The van der Waals surface area contributed by atoms with Gasteiger partial charge < -0.3 is 9.84 Å². The minimum Gasteiger partial charge on any atom is -0.360 e. The van der Waals surface area contributed by atoms with Crippen LogP contribution in [0.4, 0.5) is 0 Å². The fraction of sp³-hybridized carbons (Fsp3) is 0.667. The Morgan fingerprint density at radius 2 is 2.31 bits per heavy atom. The second-order valence-electron chi connectivity index (χ2n) is 4.91. The molecule has 0 bridgehead atoms. The monoisotopic (exact) mass is 222 g/mol. The summed E-state index contributed by atoms with van der Waals surface area (Å²) in [5, 5.41) is 6.75. The molecule has 88 valence electrons. The average Bonchev–Trinajstić information content (AvgIpc) is 2.59. The third-order valence-corrected chi connectivity index (χ3v) is 2.92. The molecule has 1 aliphatic carbocycles. The van der Waals surface area contributed by atoms with Crippen LogP contribution in [0.15, 0.2) is 4.52 Å². The van der Waals surface area contributed by atoms with E-state index in [0.717, 1.165) is 30.6 Å². The van der Waals surface area contributed by atoms with Gasteiger partial charge in [-0.15, -0.1) is 0 Å². The van der Waals surface area contributed by atoms with E-state index in [0.29, 0.717) is 11.6 Å². The van der Waals surface area contributed by atoms with Gasteiger partial charge in [-0.25, -0.2) is 0 Å². The van der Waals surface area contributed by atoms with Gasteiger partial charge in [-0.05, 0) is 32.6 Å². The second-order valence-corrected chi connectivity index (χ2v) is 4.91. The minimum absolute atomic E-state index is 0.117. The van der Waals surface area contributed by atoms with Gasteiger partial charge in [-0.2, -0.15) is 0 Å². The number of nitrogens with zero attached hydrogens (tertiary/aromatic N) is 1. The summed E-state index contributed by atoms with van der Waals surface area (Å²) in [5.74, 6) is 1.39. The Balaban J connectivity index is 2.22. The molecule has 2 rings (SSSR count). The SMILES string of the molecule is CC(C)NC(=O)c1noc2c1C[C@@H](C)CC2. The molecule has 16 heavy (non-hydrogen) atoms. The molecule has 0 aliphatic heterocycles. The van der Waals surface area contributed by atoms with E-state index in [-0.39, 0.29) is 11.9 Å². The number of carbonyl (C=O) groups is 1. The maximum absolute atomic E-state index is 11.9. The zero-order valence-electron chi connectivity index (χ0n) is 10.0. The Labute approximate surface area is 95.4 Å². The first-order chi connectivity index (χ1) is 7.58. The lowest BCUT2D eigenvalue weighted by atomic mass is 9.88.